The Labute approximate surface area is 100 Å². The van der Waals surface area contributed by atoms with Crippen molar-refractivity contribution in [3.05, 3.63) is 35.6 Å². The Morgan fingerprint density at radius 2 is 2.00 bits per heavy atom. The zero-order chi connectivity index (χ0) is 12.4. The Morgan fingerprint density at radius 3 is 2.59 bits per heavy atom. The van der Waals surface area contributed by atoms with Gasteiger partial charge in [0.25, 0.3) is 0 Å². The van der Waals surface area contributed by atoms with Crippen LogP contribution in [0.4, 0.5) is 4.39 Å². The molecule has 0 amide bonds. The molecule has 3 nitrogen and oxygen atoms in total. The Bertz CT molecular complexity index is 404. The molecule has 1 aromatic carbocycles. The van der Waals surface area contributed by atoms with Crippen LogP contribution in [-0.2, 0) is 9.53 Å². The lowest BCUT2D eigenvalue weighted by Crippen LogP contribution is -2.23. The van der Waals surface area contributed by atoms with Gasteiger partial charge < -0.3 is 9.64 Å². The fourth-order valence-electron chi connectivity index (χ4n) is 2.44. The van der Waals surface area contributed by atoms with Gasteiger partial charge >= 0.3 is 5.97 Å². The number of carbonyl (C=O) groups excluding carboxylic acids is 1. The molecule has 0 saturated carbocycles. The highest BCUT2D eigenvalue weighted by molar-refractivity contribution is 5.74. The summed E-state index contributed by atoms with van der Waals surface area (Å²) in [6.45, 7) is 1.49. The molecule has 0 unspecified atom stereocenters. The number of hydrogen-bond donors (Lipinski definition) is 0. The lowest BCUT2D eigenvalue weighted by molar-refractivity contribution is -0.145. The molecule has 1 aromatic rings. The Balaban J connectivity index is 2.23. The second-order valence-corrected chi connectivity index (χ2v) is 4.51. The minimum atomic E-state index is -0.255. The summed E-state index contributed by atoms with van der Waals surface area (Å²) >= 11 is 0. The van der Waals surface area contributed by atoms with E-state index in [0.29, 0.717) is 6.54 Å². The third kappa shape index (κ3) is 2.47. The maximum absolute atomic E-state index is 12.9. The standard InChI is InChI=1S/C13H16FNO2/c1-15-7-11(12(8-15)13(16)17-2)9-3-5-10(14)6-4-9/h3-6,11-12H,7-8H2,1-2H3/t11-,12-/m1/s1. The SMILES string of the molecule is COC(=O)[C@@H]1CN(C)C[C@@H]1c1ccc(F)cc1. The number of hydrogen-bond acceptors (Lipinski definition) is 3. The van der Waals surface area contributed by atoms with E-state index in [-0.39, 0.29) is 23.6 Å². The van der Waals surface area contributed by atoms with Crippen molar-refractivity contribution >= 4 is 5.97 Å². The molecule has 1 saturated heterocycles. The van der Waals surface area contributed by atoms with Gasteiger partial charge in [0.15, 0.2) is 0 Å². The van der Waals surface area contributed by atoms with Gasteiger partial charge in [-0.15, -0.1) is 0 Å². The van der Waals surface area contributed by atoms with E-state index >= 15 is 0 Å². The van der Waals surface area contributed by atoms with Gasteiger partial charge in [-0.1, -0.05) is 12.1 Å². The van der Waals surface area contributed by atoms with E-state index in [0.717, 1.165) is 12.1 Å². The molecule has 0 bridgehead atoms. The summed E-state index contributed by atoms with van der Waals surface area (Å²) in [5.74, 6) is -0.512. The average Bonchev–Trinajstić information content (AvgIpc) is 2.71. The van der Waals surface area contributed by atoms with Crippen molar-refractivity contribution in [1.29, 1.82) is 0 Å². The minimum absolute atomic E-state index is 0.0908. The smallest absolute Gasteiger partial charge is 0.310 e. The molecule has 0 aromatic heterocycles. The third-order valence-electron chi connectivity index (χ3n) is 3.30. The number of benzene rings is 1. The topological polar surface area (TPSA) is 29.5 Å². The van der Waals surface area contributed by atoms with E-state index < -0.39 is 0 Å². The van der Waals surface area contributed by atoms with E-state index in [9.17, 15) is 9.18 Å². The third-order valence-corrected chi connectivity index (χ3v) is 3.30. The predicted octanol–water partition coefficient (Wildman–Crippen LogP) is 1.64. The second-order valence-electron chi connectivity index (χ2n) is 4.51. The normalized spacial score (nSPS) is 24.9. The summed E-state index contributed by atoms with van der Waals surface area (Å²) in [6.07, 6.45) is 0. The number of carbonyl (C=O) groups is 1. The van der Waals surface area contributed by atoms with Gasteiger partial charge in [0.1, 0.15) is 5.82 Å². The fourth-order valence-corrected chi connectivity index (χ4v) is 2.44. The minimum Gasteiger partial charge on any atom is -0.469 e. The van der Waals surface area contributed by atoms with Crippen molar-refractivity contribution in [2.45, 2.75) is 5.92 Å². The molecule has 92 valence electrons. The molecule has 1 heterocycles. The summed E-state index contributed by atoms with van der Waals surface area (Å²) < 4.78 is 17.7. The van der Waals surface area contributed by atoms with Crippen LogP contribution in [0.5, 0.6) is 0 Å². The van der Waals surface area contributed by atoms with E-state index in [4.69, 9.17) is 4.74 Å². The van der Waals surface area contributed by atoms with E-state index in [1.165, 1.54) is 19.2 Å². The predicted molar refractivity (Wildman–Crippen MR) is 62.1 cm³/mol. The zero-order valence-electron chi connectivity index (χ0n) is 10.0. The van der Waals surface area contributed by atoms with Crippen LogP contribution >= 0.6 is 0 Å². The van der Waals surface area contributed by atoms with Gasteiger partial charge in [-0.05, 0) is 24.7 Å². The number of likely N-dealkylation sites (tertiary alicyclic amines) is 1. The number of rotatable bonds is 2. The molecule has 2 atom stereocenters. The van der Waals surface area contributed by atoms with E-state index in [2.05, 4.69) is 4.90 Å². The van der Waals surface area contributed by atoms with Crippen LogP contribution in [0.1, 0.15) is 11.5 Å². The maximum Gasteiger partial charge on any atom is 0.310 e. The number of nitrogens with zero attached hydrogens (tertiary/aromatic N) is 1. The van der Waals surface area contributed by atoms with Crippen molar-refractivity contribution in [3.63, 3.8) is 0 Å². The van der Waals surface area contributed by atoms with Crippen molar-refractivity contribution in [1.82, 2.24) is 4.90 Å². The lowest BCUT2D eigenvalue weighted by atomic mass is 9.89. The van der Waals surface area contributed by atoms with Gasteiger partial charge in [0.2, 0.25) is 0 Å². The number of methoxy groups -OCH3 is 1. The van der Waals surface area contributed by atoms with Crippen molar-refractivity contribution in [3.8, 4) is 0 Å². The fraction of sp³-hybridized carbons (Fsp3) is 0.462. The first-order valence-corrected chi connectivity index (χ1v) is 5.63. The van der Waals surface area contributed by atoms with Crippen molar-refractivity contribution < 1.29 is 13.9 Å². The molecule has 1 aliphatic heterocycles. The van der Waals surface area contributed by atoms with Crippen LogP contribution in [0.25, 0.3) is 0 Å². The molecule has 1 fully saturated rings. The van der Waals surface area contributed by atoms with E-state index in [1.54, 1.807) is 12.1 Å². The first kappa shape index (κ1) is 12.0. The molecule has 0 radical (unpaired) electrons. The second kappa shape index (κ2) is 4.84. The van der Waals surface area contributed by atoms with Crippen molar-refractivity contribution in [2.75, 3.05) is 27.2 Å². The molecule has 4 heteroatoms. The van der Waals surface area contributed by atoms with Gasteiger partial charge in [-0.2, -0.15) is 0 Å². The van der Waals surface area contributed by atoms with Crippen LogP contribution in [0.15, 0.2) is 24.3 Å². The molecule has 1 aliphatic rings. The van der Waals surface area contributed by atoms with Crippen LogP contribution in [0.3, 0.4) is 0 Å². The number of esters is 1. The largest absolute Gasteiger partial charge is 0.469 e. The van der Waals surface area contributed by atoms with Crippen LogP contribution in [0, 0.1) is 11.7 Å². The molecular formula is C13H16FNO2. The summed E-state index contributed by atoms with van der Waals surface area (Å²) in [5, 5.41) is 0. The van der Waals surface area contributed by atoms with Gasteiger partial charge in [0.05, 0.1) is 13.0 Å². The first-order chi connectivity index (χ1) is 8.11. The van der Waals surface area contributed by atoms with Crippen LogP contribution < -0.4 is 0 Å². The monoisotopic (exact) mass is 237 g/mol. The van der Waals surface area contributed by atoms with Crippen LogP contribution in [0.2, 0.25) is 0 Å². The van der Waals surface area contributed by atoms with Gasteiger partial charge in [0, 0.05) is 19.0 Å². The highest BCUT2D eigenvalue weighted by atomic mass is 19.1. The number of ether oxygens (including phenoxy) is 1. The van der Waals surface area contributed by atoms with E-state index in [1.807, 2.05) is 7.05 Å². The summed E-state index contributed by atoms with van der Waals surface area (Å²) in [4.78, 5) is 13.8. The Kier molecular flexibility index (Phi) is 3.43. The zero-order valence-corrected chi connectivity index (χ0v) is 10.0. The molecule has 0 spiro atoms. The summed E-state index contributed by atoms with van der Waals surface area (Å²) in [5.41, 5.74) is 0.992. The molecule has 0 aliphatic carbocycles. The van der Waals surface area contributed by atoms with Crippen LogP contribution in [-0.4, -0.2) is 38.1 Å². The highest BCUT2D eigenvalue weighted by Crippen LogP contribution is 2.32. The first-order valence-electron chi connectivity index (χ1n) is 5.63. The summed E-state index contributed by atoms with van der Waals surface area (Å²) in [7, 11) is 3.38. The molecular weight excluding hydrogens is 221 g/mol. The highest BCUT2D eigenvalue weighted by Gasteiger charge is 2.37. The quantitative estimate of drug-likeness (QED) is 0.732. The average molecular weight is 237 g/mol. The van der Waals surface area contributed by atoms with Gasteiger partial charge in [-0.3, -0.25) is 4.79 Å². The van der Waals surface area contributed by atoms with Crippen molar-refractivity contribution in [2.24, 2.45) is 5.92 Å². The Morgan fingerprint density at radius 1 is 1.35 bits per heavy atom. The molecule has 0 N–H and O–H groups in total. The summed E-state index contributed by atoms with van der Waals surface area (Å²) in [6, 6.07) is 6.36. The maximum atomic E-state index is 12.9. The molecule has 17 heavy (non-hydrogen) atoms. The Hall–Kier alpha value is -1.42. The number of halogens is 1. The van der Waals surface area contributed by atoms with Gasteiger partial charge in [-0.25, -0.2) is 4.39 Å². The lowest BCUT2D eigenvalue weighted by Gasteiger charge is -2.16. The number of likely N-dealkylation sites (N-methyl/N-ethyl adjacent to an activating group) is 1. The molecule has 2 rings (SSSR count).